The SMILES string of the molecule is CO/N=C(/C(N)=O)c1ccccc1CO/N=C(/C)c1ccc(C(F)(F)F)cc1. The average molecular weight is 393 g/mol. The summed E-state index contributed by atoms with van der Waals surface area (Å²) in [5, 5.41) is 7.55. The Morgan fingerprint density at radius 2 is 1.71 bits per heavy atom. The third-order valence-electron chi connectivity index (χ3n) is 3.74. The summed E-state index contributed by atoms with van der Waals surface area (Å²) in [7, 11) is 1.29. The molecule has 0 spiro atoms. The molecule has 0 aromatic heterocycles. The molecule has 0 aliphatic rings. The maximum atomic E-state index is 12.6. The lowest BCUT2D eigenvalue weighted by Crippen LogP contribution is -2.25. The molecule has 0 atom stereocenters. The van der Waals surface area contributed by atoms with Crippen LogP contribution in [0.1, 0.15) is 29.2 Å². The van der Waals surface area contributed by atoms with E-state index in [1.165, 1.54) is 19.2 Å². The molecule has 2 aromatic carbocycles. The molecule has 0 saturated heterocycles. The van der Waals surface area contributed by atoms with Gasteiger partial charge in [-0.15, -0.1) is 0 Å². The maximum absolute atomic E-state index is 12.6. The quantitative estimate of drug-likeness (QED) is 0.577. The molecule has 0 heterocycles. The van der Waals surface area contributed by atoms with E-state index in [0.717, 1.165) is 12.1 Å². The molecular weight excluding hydrogens is 375 g/mol. The van der Waals surface area contributed by atoms with Crippen molar-refractivity contribution in [2.45, 2.75) is 19.7 Å². The second kappa shape index (κ2) is 9.03. The Morgan fingerprint density at radius 3 is 2.29 bits per heavy atom. The van der Waals surface area contributed by atoms with Crippen molar-refractivity contribution in [2.24, 2.45) is 16.0 Å². The molecule has 0 radical (unpaired) electrons. The number of alkyl halides is 3. The number of amides is 1. The van der Waals surface area contributed by atoms with Crippen molar-refractivity contribution in [3.8, 4) is 0 Å². The number of rotatable bonds is 7. The van der Waals surface area contributed by atoms with Crippen molar-refractivity contribution < 1.29 is 27.6 Å². The topological polar surface area (TPSA) is 86.3 Å². The van der Waals surface area contributed by atoms with E-state index in [1.54, 1.807) is 31.2 Å². The summed E-state index contributed by atoms with van der Waals surface area (Å²) in [5.41, 5.74) is 6.41. The van der Waals surface area contributed by atoms with Crippen LogP contribution in [-0.4, -0.2) is 24.4 Å². The lowest BCUT2D eigenvalue weighted by Gasteiger charge is -2.09. The number of carbonyl (C=O) groups is 1. The van der Waals surface area contributed by atoms with Crippen molar-refractivity contribution in [1.82, 2.24) is 0 Å². The fraction of sp³-hybridized carbons (Fsp3) is 0.211. The van der Waals surface area contributed by atoms with Crippen molar-refractivity contribution in [1.29, 1.82) is 0 Å². The predicted molar refractivity (Wildman–Crippen MR) is 97.6 cm³/mol. The third-order valence-corrected chi connectivity index (χ3v) is 3.74. The highest BCUT2D eigenvalue weighted by Crippen LogP contribution is 2.29. The largest absolute Gasteiger partial charge is 0.416 e. The van der Waals surface area contributed by atoms with E-state index >= 15 is 0 Å². The number of hydrogen-bond donors (Lipinski definition) is 1. The summed E-state index contributed by atoms with van der Waals surface area (Å²) in [4.78, 5) is 21.5. The Balaban J connectivity index is 2.14. The highest BCUT2D eigenvalue weighted by molar-refractivity contribution is 6.45. The summed E-state index contributed by atoms with van der Waals surface area (Å²) in [5.74, 6) is -0.765. The number of nitrogens with two attached hydrogens (primary N) is 1. The summed E-state index contributed by atoms with van der Waals surface area (Å²) in [6.07, 6.45) is -4.40. The number of carbonyl (C=O) groups excluding carboxylic acids is 1. The summed E-state index contributed by atoms with van der Waals surface area (Å²) < 4.78 is 37.9. The molecule has 0 aliphatic heterocycles. The number of benzene rings is 2. The zero-order valence-electron chi connectivity index (χ0n) is 15.2. The molecule has 0 fully saturated rings. The Morgan fingerprint density at radius 1 is 1.07 bits per heavy atom. The Bertz CT molecular complexity index is 891. The molecule has 2 N–H and O–H groups in total. The Hall–Kier alpha value is -3.36. The van der Waals surface area contributed by atoms with Crippen LogP contribution in [-0.2, 0) is 27.3 Å². The van der Waals surface area contributed by atoms with Gasteiger partial charge in [-0.1, -0.05) is 46.7 Å². The lowest BCUT2D eigenvalue weighted by atomic mass is 10.0. The molecule has 0 saturated carbocycles. The standard InChI is InChI=1S/C19H18F3N3O3/c1-12(13-7-9-15(10-8-13)19(20,21)22)24-28-11-14-5-3-4-6-16(14)17(18(23)26)25-27-2/h3-10H,11H2,1-2H3,(H2,23,26)/b24-12-,25-17+. The van der Waals surface area contributed by atoms with Gasteiger partial charge in [-0.2, -0.15) is 13.2 Å². The van der Waals surface area contributed by atoms with E-state index in [2.05, 4.69) is 15.1 Å². The van der Waals surface area contributed by atoms with Gasteiger partial charge in [0.1, 0.15) is 13.7 Å². The van der Waals surface area contributed by atoms with Crippen LogP contribution >= 0.6 is 0 Å². The van der Waals surface area contributed by atoms with Gasteiger partial charge in [0, 0.05) is 11.1 Å². The van der Waals surface area contributed by atoms with Crippen LogP contribution in [0.3, 0.4) is 0 Å². The maximum Gasteiger partial charge on any atom is 0.416 e. The molecule has 9 heteroatoms. The summed E-state index contributed by atoms with van der Waals surface area (Å²) in [6, 6.07) is 11.3. The molecule has 0 bridgehead atoms. The zero-order valence-corrected chi connectivity index (χ0v) is 15.2. The second-order valence-electron chi connectivity index (χ2n) is 5.67. The van der Waals surface area contributed by atoms with Crippen molar-refractivity contribution in [2.75, 3.05) is 7.11 Å². The van der Waals surface area contributed by atoms with E-state index in [0.29, 0.717) is 22.4 Å². The molecule has 148 valence electrons. The Kier molecular flexibility index (Phi) is 6.75. The predicted octanol–water partition coefficient (Wildman–Crippen LogP) is 3.48. The van der Waals surface area contributed by atoms with Crippen LogP contribution < -0.4 is 5.73 Å². The van der Waals surface area contributed by atoms with E-state index in [4.69, 9.17) is 10.6 Å². The first-order chi connectivity index (χ1) is 13.2. The molecule has 0 aliphatic carbocycles. The minimum absolute atomic E-state index is 0.00976. The second-order valence-corrected chi connectivity index (χ2v) is 5.67. The first kappa shape index (κ1) is 20.9. The van der Waals surface area contributed by atoms with E-state index in [1.807, 2.05) is 0 Å². The van der Waals surface area contributed by atoms with Gasteiger partial charge < -0.3 is 15.4 Å². The molecule has 6 nitrogen and oxygen atoms in total. The van der Waals surface area contributed by atoms with E-state index in [-0.39, 0.29) is 12.3 Å². The van der Waals surface area contributed by atoms with E-state index in [9.17, 15) is 18.0 Å². The van der Waals surface area contributed by atoms with Crippen LogP contribution in [0.15, 0.2) is 58.8 Å². The van der Waals surface area contributed by atoms with Gasteiger partial charge in [-0.3, -0.25) is 4.79 Å². The van der Waals surface area contributed by atoms with Gasteiger partial charge in [0.2, 0.25) is 0 Å². The lowest BCUT2D eigenvalue weighted by molar-refractivity contribution is -0.137. The highest BCUT2D eigenvalue weighted by atomic mass is 19.4. The van der Waals surface area contributed by atoms with Gasteiger partial charge in [0.15, 0.2) is 5.71 Å². The first-order valence-electron chi connectivity index (χ1n) is 8.07. The molecule has 2 aromatic rings. The fourth-order valence-electron chi connectivity index (χ4n) is 2.35. The van der Waals surface area contributed by atoms with Crippen LogP contribution in [0.4, 0.5) is 13.2 Å². The molecule has 2 rings (SSSR count). The average Bonchev–Trinajstić information content (AvgIpc) is 2.66. The molecule has 0 unspecified atom stereocenters. The van der Waals surface area contributed by atoms with Gasteiger partial charge in [0.05, 0.1) is 11.3 Å². The fourth-order valence-corrected chi connectivity index (χ4v) is 2.35. The normalized spacial score (nSPS) is 12.6. The number of oxime groups is 2. The van der Waals surface area contributed by atoms with Gasteiger partial charge in [-0.25, -0.2) is 0 Å². The Labute approximate surface area is 159 Å². The van der Waals surface area contributed by atoms with Crippen molar-refractivity contribution >= 4 is 17.3 Å². The number of primary amides is 1. The summed E-state index contributed by atoms with van der Waals surface area (Å²) in [6.45, 7) is 1.60. The number of halogens is 3. The van der Waals surface area contributed by atoms with Gasteiger partial charge in [0.25, 0.3) is 5.91 Å². The van der Waals surface area contributed by atoms with Crippen molar-refractivity contribution in [3.63, 3.8) is 0 Å². The molecular formula is C19H18F3N3O3. The van der Waals surface area contributed by atoms with Crippen LogP contribution in [0.2, 0.25) is 0 Å². The minimum atomic E-state index is -4.40. The van der Waals surface area contributed by atoms with Crippen LogP contribution in [0.25, 0.3) is 0 Å². The van der Waals surface area contributed by atoms with Gasteiger partial charge >= 0.3 is 6.18 Å². The molecule has 1 amide bonds. The third kappa shape index (κ3) is 5.32. The number of nitrogens with zero attached hydrogens (tertiary/aromatic N) is 2. The smallest absolute Gasteiger partial charge is 0.398 e. The highest BCUT2D eigenvalue weighted by Gasteiger charge is 2.30. The zero-order chi connectivity index (χ0) is 20.7. The first-order valence-corrected chi connectivity index (χ1v) is 8.07. The molecule has 28 heavy (non-hydrogen) atoms. The monoisotopic (exact) mass is 393 g/mol. The van der Waals surface area contributed by atoms with Gasteiger partial charge in [-0.05, 0) is 24.6 Å². The summed E-state index contributed by atoms with van der Waals surface area (Å²) >= 11 is 0. The number of hydrogen-bond acceptors (Lipinski definition) is 5. The van der Waals surface area contributed by atoms with Crippen LogP contribution in [0.5, 0.6) is 0 Å². The van der Waals surface area contributed by atoms with Crippen LogP contribution in [0, 0.1) is 0 Å². The minimum Gasteiger partial charge on any atom is -0.398 e. The van der Waals surface area contributed by atoms with Crippen molar-refractivity contribution in [3.05, 3.63) is 70.8 Å². The van der Waals surface area contributed by atoms with E-state index < -0.39 is 17.6 Å².